The SMILES string of the molecule is Cc1nn(-c2ccc([N+](=O)[O-])cc2)[n+]([O-])c1C(=O)c1ccccc1. The van der Waals surface area contributed by atoms with E-state index < -0.39 is 10.7 Å². The lowest BCUT2D eigenvalue weighted by molar-refractivity contribution is -0.690. The van der Waals surface area contributed by atoms with Gasteiger partial charge in [-0.15, -0.1) is 4.85 Å². The van der Waals surface area contributed by atoms with Crippen molar-refractivity contribution in [2.75, 3.05) is 0 Å². The van der Waals surface area contributed by atoms with E-state index in [1.807, 2.05) is 0 Å². The summed E-state index contributed by atoms with van der Waals surface area (Å²) in [6, 6.07) is 13.8. The van der Waals surface area contributed by atoms with E-state index in [1.54, 1.807) is 37.3 Å². The van der Waals surface area contributed by atoms with Crippen LogP contribution in [0.3, 0.4) is 0 Å². The molecule has 3 rings (SSSR count). The van der Waals surface area contributed by atoms with E-state index in [1.165, 1.54) is 24.3 Å². The van der Waals surface area contributed by atoms with Crippen LogP contribution in [-0.4, -0.2) is 20.6 Å². The maximum absolute atomic E-state index is 12.5. The van der Waals surface area contributed by atoms with Gasteiger partial charge in [-0.2, -0.15) is 0 Å². The van der Waals surface area contributed by atoms with Gasteiger partial charge in [0, 0.05) is 29.7 Å². The second kappa shape index (κ2) is 5.92. The van der Waals surface area contributed by atoms with Crippen LogP contribution in [0.2, 0.25) is 0 Å². The molecule has 1 aromatic heterocycles. The van der Waals surface area contributed by atoms with Gasteiger partial charge >= 0.3 is 0 Å². The highest BCUT2D eigenvalue weighted by Gasteiger charge is 2.27. The lowest BCUT2D eigenvalue weighted by Gasteiger charge is -2.06. The Hall–Kier alpha value is -3.55. The number of carbonyl (C=O) groups is 1. The maximum atomic E-state index is 12.5. The topological polar surface area (TPSA) is 105 Å². The molecule has 0 spiro atoms. The predicted molar refractivity (Wildman–Crippen MR) is 83.8 cm³/mol. The van der Waals surface area contributed by atoms with Crippen LogP contribution in [-0.2, 0) is 0 Å². The van der Waals surface area contributed by atoms with Gasteiger partial charge in [-0.1, -0.05) is 30.3 Å². The first kappa shape index (κ1) is 15.3. The smallest absolute Gasteiger partial charge is 0.269 e. The molecule has 0 aliphatic rings. The maximum Gasteiger partial charge on any atom is 0.269 e. The Kier molecular flexibility index (Phi) is 3.78. The number of benzene rings is 2. The van der Waals surface area contributed by atoms with E-state index in [0.717, 1.165) is 4.80 Å². The molecule has 0 unspecified atom stereocenters. The summed E-state index contributed by atoms with van der Waals surface area (Å²) in [7, 11) is 0. The standard InChI is InChI=1S/C16H12N4O4/c1-11-15(16(21)12-5-3-2-4-6-12)19(22)18(17-11)13-7-9-14(10-8-13)20(23)24/h2-10H,1H3. The fourth-order valence-corrected chi connectivity index (χ4v) is 2.31. The number of hydrogen-bond donors (Lipinski definition) is 0. The molecule has 120 valence electrons. The number of aryl methyl sites for hydroxylation is 1. The van der Waals surface area contributed by atoms with Gasteiger partial charge in [-0.25, -0.2) is 0 Å². The fourth-order valence-electron chi connectivity index (χ4n) is 2.31. The number of carbonyl (C=O) groups excluding carboxylic acids is 1. The van der Waals surface area contributed by atoms with Gasteiger partial charge in [0.05, 0.1) is 4.92 Å². The molecule has 8 nitrogen and oxygen atoms in total. The van der Waals surface area contributed by atoms with Crippen LogP contribution < -0.4 is 4.85 Å². The summed E-state index contributed by atoms with van der Waals surface area (Å²) in [5.41, 5.74) is 0.802. The van der Waals surface area contributed by atoms with Crippen molar-refractivity contribution in [3.8, 4) is 5.69 Å². The number of nitrogens with zero attached hydrogens (tertiary/aromatic N) is 4. The molecular weight excluding hydrogens is 312 g/mol. The third-order valence-corrected chi connectivity index (χ3v) is 3.49. The Morgan fingerprint density at radius 3 is 2.33 bits per heavy atom. The molecule has 0 N–H and O–H groups in total. The van der Waals surface area contributed by atoms with Crippen LogP contribution in [0, 0.1) is 22.2 Å². The molecule has 0 saturated heterocycles. The molecule has 0 aliphatic heterocycles. The summed E-state index contributed by atoms with van der Waals surface area (Å²) in [6.45, 7) is 1.56. The highest BCUT2D eigenvalue weighted by molar-refractivity contribution is 6.07. The molecule has 0 atom stereocenters. The lowest BCUT2D eigenvalue weighted by Crippen LogP contribution is -2.42. The molecule has 8 heteroatoms. The first-order chi connectivity index (χ1) is 11.5. The van der Waals surface area contributed by atoms with Crippen molar-refractivity contribution < 1.29 is 14.6 Å². The molecular formula is C16H12N4O4. The van der Waals surface area contributed by atoms with Crippen LogP contribution in [0.1, 0.15) is 21.7 Å². The van der Waals surface area contributed by atoms with Gasteiger partial charge < -0.3 is 5.21 Å². The molecule has 2 aromatic carbocycles. The number of ketones is 1. The summed E-state index contributed by atoms with van der Waals surface area (Å²) in [6.07, 6.45) is 0. The van der Waals surface area contributed by atoms with E-state index in [0.29, 0.717) is 16.1 Å². The molecule has 0 aliphatic carbocycles. The minimum absolute atomic E-state index is 0.0837. The van der Waals surface area contributed by atoms with E-state index in [2.05, 4.69) is 5.10 Å². The zero-order valence-corrected chi connectivity index (χ0v) is 12.6. The number of non-ortho nitro benzene ring substituents is 1. The van der Waals surface area contributed by atoms with Crippen molar-refractivity contribution in [1.29, 1.82) is 0 Å². The van der Waals surface area contributed by atoms with Crippen LogP contribution in [0.25, 0.3) is 5.69 Å². The third kappa shape index (κ3) is 2.60. The average Bonchev–Trinajstić information content (AvgIpc) is 2.89. The van der Waals surface area contributed by atoms with Crippen molar-refractivity contribution in [2.24, 2.45) is 0 Å². The van der Waals surface area contributed by atoms with Crippen molar-refractivity contribution in [2.45, 2.75) is 6.92 Å². The fraction of sp³-hybridized carbons (Fsp3) is 0.0625. The highest BCUT2D eigenvalue weighted by Crippen LogP contribution is 2.15. The lowest BCUT2D eigenvalue weighted by atomic mass is 10.1. The van der Waals surface area contributed by atoms with E-state index >= 15 is 0 Å². The second-order valence-corrected chi connectivity index (χ2v) is 5.07. The van der Waals surface area contributed by atoms with Crippen LogP contribution in [0.5, 0.6) is 0 Å². The van der Waals surface area contributed by atoms with Crippen LogP contribution in [0.4, 0.5) is 5.69 Å². The highest BCUT2D eigenvalue weighted by atomic mass is 16.6. The zero-order chi connectivity index (χ0) is 17.3. The first-order valence-corrected chi connectivity index (χ1v) is 7.03. The number of aromatic nitrogens is 3. The summed E-state index contributed by atoms with van der Waals surface area (Å²) in [5, 5.41) is 27.3. The molecule has 1 heterocycles. The van der Waals surface area contributed by atoms with Gasteiger partial charge in [0.1, 0.15) is 5.69 Å². The van der Waals surface area contributed by atoms with Crippen LogP contribution >= 0.6 is 0 Å². The zero-order valence-electron chi connectivity index (χ0n) is 12.6. The van der Waals surface area contributed by atoms with Crippen molar-refractivity contribution in [3.63, 3.8) is 0 Å². The quantitative estimate of drug-likeness (QED) is 0.240. The molecule has 0 bridgehead atoms. The van der Waals surface area contributed by atoms with Gasteiger partial charge in [-0.05, 0) is 16.9 Å². The van der Waals surface area contributed by atoms with E-state index in [9.17, 15) is 20.1 Å². The number of hydrogen-bond acceptors (Lipinski definition) is 5. The molecule has 3 aromatic rings. The molecule has 0 saturated carbocycles. The van der Waals surface area contributed by atoms with Gasteiger partial charge in [-0.3, -0.25) is 14.9 Å². The van der Waals surface area contributed by atoms with Crippen LogP contribution in [0.15, 0.2) is 54.6 Å². The summed E-state index contributed by atoms with van der Waals surface area (Å²) < 4.78 is 0. The third-order valence-electron chi connectivity index (χ3n) is 3.49. The Bertz CT molecular complexity index is 917. The minimum Gasteiger partial charge on any atom is -0.692 e. The predicted octanol–water partition coefficient (Wildman–Crippen LogP) is 1.95. The van der Waals surface area contributed by atoms with Crippen molar-refractivity contribution in [1.82, 2.24) is 9.90 Å². The average molecular weight is 324 g/mol. The number of nitro benzene ring substituents is 1. The first-order valence-electron chi connectivity index (χ1n) is 7.03. The summed E-state index contributed by atoms with van der Waals surface area (Å²) in [5.74, 6) is -0.434. The molecule has 0 amide bonds. The minimum atomic E-state index is -0.534. The second-order valence-electron chi connectivity index (χ2n) is 5.07. The van der Waals surface area contributed by atoms with Gasteiger partial charge in [0.15, 0.2) is 0 Å². The van der Waals surface area contributed by atoms with Gasteiger partial charge in [0.25, 0.3) is 5.69 Å². The monoisotopic (exact) mass is 324 g/mol. The summed E-state index contributed by atoms with van der Waals surface area (Å²) in [4.78, 5) is 24.1. The Balaban J connectivity index is 2.03. The van der Waals surface area contributed by atoms with Crippen molar-refractivity contribution in [3.05, 3.63) is 86.9 Å². The molecule has 0 radical (unpaired) electrons. The molecule has 24 heavy (non-hydrogen) atoms. The normalized spacial score (nSPS) is 10.5. The number of nitro groups is 1. The van der Waals surface area contributed by atoms with Gasteiger partial charge in [0.2, 0.25) is 17.2 Å². The Labute approximate surface area is 136 Å². The van der Waals surface area contributed by atoms with E-state index in [-0.39, 0.29) is 17.1 Å². The number of rotatable bonds is 4. The Morgan fingerprint density at radius 2 is 1.75 bits per heavy atom. The van der Waals surface area contributed by atoms with Crippen molar-refractivity contribution >= 4 is 11.5 Å². The largest absolute Gasteiger partial charge is 0.692 e. The summed E-state index contributed by atoms with van der Waals surface area (Å²) >= 11 is 0. The van der Waals surface area contributed by atoms with E-state index in [4.69, 9.17) is 0 Å². The Morgan fingerprint density at radius 1 is 1.12 bits per heavy atom. The molecule has 0 fully saturated rings.